The minimum atomic E-state index is -3.88. The molecule has 0 unspecified atom stereocenters. The van der Waals surface area contributed by atoms with E-state index in [0.29, 0.717) is 5.56 Å². The molecule has 9 nitrogen and oxygen atoms in total. The van der Waals surface area contributed by atoms with Gasteiger partial charge in [-0.1, -0.05) is 0 Å². The van der Waals surface area contributed by atoms with E-state index in [4.69, 9.17) is 20.8 Å². The van der Waals surface area contributed by atoms with Gasteiger partial charge in [-0.2, -0.15) is 4.37 Å². The van der Waals surface area contributed by atoms with Gasteiger partial charge in [0.2, 0.25) is 14.5 Å². The molecule has 184 valence electrons. The third-order valence-corrected chi connectivity index (χ3v) is 6.81. The number of anilines is 1. The standard InChI is InChI=1S/C22H19ClFN3O6S2/c1-11(2)32-17-8-14-16(33-20(19(14)21(28)29)12-4-6-13(24)7-5-12)9-15(17)27(35(3,30)31)10-18-25-22(23)34-26-18/h4-9,11H,10H2,1-3H3,(H,28,29). The zero-order valence-electron chi connectivity index (χ0n) is 18.7. The van der Waals surface area contributed by atoms with Gasteiger partial charge in [0, 0.05) is 17.0 Å². The highest BCUT2D eigenvalue weighted by molar-refractivity contribution is 7.92. The summed E-state index contributed by atoms with van der Waals surface area (Å²) < 4.78 is 56.0. The molecule has 0 aliphatic heterocycles. The first kappa shape index (κ1) is 24.9. The van der Waals surface area contributed by atoms with Crippen LogP contribution >= 0.6 is 23.1 Å². The number of furan rings is 1. The topological polar surface area (TPSA) is 123 Å². The summed E-state index contributed by atoms with van der Waals surface area (Å²) in [6.45, 7) is 3.26. The summed E-state index contributed by atoms with van der Waals surface area (Å²) in [6, 6.07) is 7.97. The minimum Gasteiger partial charge on any atom is -0.489 e. The first-order chi connectivity index (χ1) is 16.4. The lowest BCUT2D eigenvalue weighted by Gasteiger charge is -2.24. The Labute approximate surface area is 208 Å². The lowest BCUT2D eigenvalue weighted by atomic mass is 10.0. The number of carbonyl (C=O) groups is 1. The van der Waals surface area contributed by atoms with Gasteiger partial charge in [-0.15, -0.1) is 0 Å². The van der Waals surface area contributed by atoms with Gasteiger partial charge in [-0.25, -0.2) is 22.6 Å². The van der Waals surface area contributed by atoms with Gasteiger partial charge < -0.3 is 14.3 Å². The number of carboxylic acids is 1. The third kappa shape index (κ3) is 5.24. The Balaban J connectivity index is 1.97. The lowest BCUT2D eigenvalue weighted by Crippen LogP contribution is -2.30. The summed E-state index contributed by atoms with van der Waals surface area (Å²) in [4.78, 5) is 16.2. The molecular weight excluding hydrogens is 521 g/mol. The fourth-order valence-electron chi connectivity index (χ4n) is 3.48. The number of carboxylic acid groups (broad SMARTS) is 1. The summed E-state index contributed by atoms with van der Waals surface area (Å²) in [6.07, 6.45) is 0.648. The molecule has 0 radical (unpaired) electrons. The van der Waals surface area contributed by atoms with E-state index < -0.39 is 21.8 Å². The van der Waals surface area contributed by atoms with Crippen LogP contribution < -0.4 is 9.04 Å². The maximum Gasteiger partial charge on any atom is 0.340 e. The van der Waals surface area contributed by atoms with E-state index in [0.717, 1.165) is 22.1 Å². The average molecular weight is 540 g/mol. The molecule has 35 heavy (non-hydrogen) atoms. The van der Waals surface area contributed by atoms with Crippen molar-refractivity contribution >= 4 is 55.8 Å². The van der Waals surface area contributed by atoms with Crippen molar-refractivity contribution in [3.63, 3.8) is 0 Å². The number of hydrogen-bond acceptors (Lipinski definition) is 8. The predicted molar refractivity (Wildman–Crippen MR) is 130 cm³/mol. The van der Waals surface area contributed by atoms with Crippen molar-refractivity contribution in [2.75, 3.05) is 10.6 Å². The average Bonchev–Trinajstić information content (AvgIpc) is 3.33. The number of benzene rings is 2. The van der Waals surface area contributed by atoms with Crippen LogP contribution in [0.2, 0.25) is 4.47 Å². The summed E-state index contributed by atoms with van der Waals surface area (Å²) >= 11 is 6.78. The molecule has 0 atom stereocenters. The first-order valence-electron chi connectivity index (χ1n) is 10.2. The van der Waals surface area contributed by atoms with Crippen molar-refractivity contribution in [3.8, 4) is 17.1 Å². The second-order valence-corrected chi connectivity index (χ2v) is 11.1. The highest BCUT2D eigenvalue weighted by Gasteiger charge is 2.29. The zero-order chi connectivity index (χ0) is 25.5. The second-order valence-electron chi connectivity index (χ2n) is 7.83. The molecule has 0 aliphatic rings. The Morgan fingerprint density at radius 2 is 1.97 bits per heavy atom. The number of ether oxygens (including phenoxy) is 1. The molecule has 13 heteroatoms. The normalized spacial score (nSPS) is 11.8. The Bertz CT molecular complexity index is 1520. The number of aromatic nitrogens is 2. The van der Waals surface area contributed by atoms with Crippen molar-refractivity contribution in [2.45, 2.75) is 26.5 Å². The molecule has 4 aromatic rings. The maximum atomic E-state index is 13.4. The molecule has 0 aliphatic carbocycles. The smallest absolute Gasteiger partial charge is 0.340 e. The van der Waals surface area contributed by atoms with Gasteiger partial charge in [0.25, 0.3) is 0 Å². The van der Waals surface area contributed by atoms with Crippen LogP contribution in [0.5, 0.6) is 5.75 Å². The van der Waals surface area contributed by atoms with Crippen molar-refractivity contribution in [1.29, 1.82) is 0 Å². The SMILES string of the molecule is CC(C)Oc1cc2c(C(=O)O)c(-c3ccc(F)cc3)oc2cc1N(Cc1nsc(Cl)n1)S(C)(=O)=O. The Morgan fingerprint density at radius 3 is 2.51 bits per heavy atom. The quantitative estimate of drug-likeness (QED) is 0.324. The highest BCUT2D eigenvalue weighted by Crippen LogP contribution is 2.41. The number of aromatic carboxylic acids is 1. The van der Waals surface area contributed by atoms with Gasteiger partial charge in [-0.3, -0.25) is 4.31 Å². The molecule has 0 fully saturated rings. The van der Waals surface area contributed by atoms with Crippen LogP contribution in [0, 0.1) is 5.82 Å². The van der Waals surface area contributed by atoms with E-state index >= 15 is 0 Å². The molecular formula is C22H19ClFN3O6S2. The van der Waals surface area contributed by atoms with Crippen LogP contribution in [0.1, 0.15) is 30.0 Å². The molecule has 2 aromatic carbocycles. The fraction of sp³-hybridized carbons (Fsp3) is 0.227. The maximum absolute atomic E-state index is 13.4. The van der Waals surface area contributed by atoms with Crippen molar-refractivity contribution in [3.05, 3.63) is 58.1 Å². The number of fused-ring (bicyclic) bond motifs is 1. The van der Waals surface area contributed by atoms with E-state index in [9.17, 15) is 22.7 Å². The van der Waals surface area contributed by atoms with Gasteiger partial charge in [0.1, 0.15) is 28.5 Å². The Kier molecular flexibility index (Phi) is 6.71. The Hall–Kier alpha value is -3.22. The number of halogens is 2. The number of rotatable bonds is 8. The summed E-state index contributed by atoms with van der Waals surface area (Å²) in [7, 11) is -3.88. The Morgan fingerprint density at radius 1 is 1.29 bits per heavy atom. The predicted octanol–water partition coefficient (Wildman–Crippen LogP) is 5.20. The molecule has 0 spiro atoms. The lowest BCUT2D eigenvalue weighted by molar-refractivity contribution is 0.0699. The summed E-state index contributed by atoms with van der Waals surface area (Å²) in [5.41, 5.74) is 0.390. The van der Waals surface area contributed by atoms with E-state index in [1.54, 1.807) is 13.8 Å². The molecule has 4 rings (SSSR count). The van der Waals surface area contributed by atoms with E-state index in [2.05, 4.69) is 9.36 Å². The second kappa shape index (κ2) is 9.44. The zero-order valence-corrected chi connectivity index (χ0v) is 21.0. The number of nitrogens with zero attached hydrogens (tertiary/aromatic N) is 3. The van der Waals surface area contributed by atoms with Crippen LogP contribution in [0.4, 0.5) is 10.1 Å². The molecule has 0 saturated carbocycles. The van der Waals surface area contributed by atoms with Crippen LogP contribution in [-0.4, -0.2) is 41.2 Å². The van der Waals surface area contributed by atoms with Crippen molar-refractivity contribution in [2.24, 2.45) is 0 Å². The minimum absolute atomic E-state index is 0.000924. The first-order valence-corrected chi connectivity index (χ1v) is 13.2. The third-order valence-electron chi connectivity index (χ3n) is 4.85. The van der Waals surface area contributed by atoms with Crippen LogP contribution in [0.3, 0.4) is 0 Å². The molecule has 0 saturated heterocycles. The molecule has 0 amide bonds. The molecule has 2 heterocycles. The van der Waals surface area contributed by atoms with E-state index in [1.165, 1.54) is 36.4 Å². The van der Waals surface area contributed by atoms with Crippen LogP contribution in [0.25, 0.3) is 22.3 Å². The number of hydrogen-bond donors (Lipinski definition) is 1. The fourth-order valence-corrected chi connectivity index (χ4v) is 4.96. The largest absolute Gasteiger partial charge is 0.489 e. The van der Waals surface area contributed by atoms with Gasteiger partial charge in [0.15, 0.2) is 5.82 Å². The van der Waals surface area contributed by atoms with Crippen LogP contribution in [-0.2, 0) is 16.6 Å². The molecule has 2 aromatic heterocycles. The van der Waals surface area contributed by atoms with E-state index in [-0.39, 0.29) is 56.7 Å². The number of sulfonamides is 1. The van der Waals surface area contributed by atoms with Crippen molar-refractivity contribution < 1.29 is 31.9 Å². The van der Waals surface area contributed by atoms with Crippen molar-refractivity contribution in [1.82, 2.24) is 9.36 Å². The summed E-state index contributed by atoms with van der Waals surface area (Å²) in [5.74, 6) is -1.46. The van der Waals surface area contributed by atoms with Gasteiger partial charge in [0.05, 0.1) is 24.6 Å². The molecule has 0 bridgehead atoms. The monoisotopic (exact) mass is 539 g/mol. The van der Waals surface area contributed by atoms with Crippen LogP contribution in [0.15, 0.2) is 40.8 Å². The highest BCUT2D eigenvalue weighted by atomic mass is 35.5. The van der Waals surface area contributed by atoms with Gasteiger partial charge >= 0.3 is 5.97 Å². The van der Waals surface area contributed by atoms with E-state index in [1.807, 2.05) is 0 Å². The van der Waals surface area contributed by atoms with Gasteiger partial charge in [-0.05, 0) is 67.3 Å². The summed E-state index contributed by atoms with van der Waals surface area (Å²) in [5, 5.41) is 10.1. The molecule has 1 N–H and O–H groups in total.